The van der Waals surface area contributed by atoms with Crippen LogP contribution in [0.15, 0.2) is 65.6 Å². The molecule has 168 valence electrons. The molecule has 2 aromatic carbocycles. The molecule has 32 heavy (non-hydrogen) atoms. The lowest BCUT2D eigenvalue weighted by atomic mass is 10.2. The Morgan fingerprint density at radius 2 is 1.59 bits per heavy atom. The number of nitrogens with one attached hydrogen (secondary N) is 1. The van der Waals surface area contributed by atoms with Gasteiger partial charge in [-0.05, 0) is 31.5 Å². The maximum atomic E-state index is 12.7. The maximum absolute atomic E-state index is 12.7. The van der Waals surface area contributed by atoms with Crippen molar-refractivity contribution in [1.29, 1.82) is 0 Å². The molecule has 3 rings (SSSR count). The molecule has 0 saturated carbocycles. The fourth-order valence-electron chi connectivity index (χ4n) is 3.14. The monoisotopic (exact) mass is 436 g/mol. The average molecular weight is 437 g/mol. The number of carbonyl (C=O) groups excluding carboxylic acids is 1. The number of ether oxygens (including phenoxy) is 3. The predicted octanol–water partition coefficient (Wildman–Crippen LogP) is 3.69. The molecule has 0 radical (unpaired) electrons. The van der Waals surface area contributed by atoms with Crippen LogP contribution in [0.1, 0.15) is 35.5 Å². The lowest BCUT2D eigenvalue weighted by molar-refractivity contribution is 0.0949. The first-order valence-corrected chi connectivity index (χ1v) is 10.5. The maximum Gasteiger partial charge on any atom is 0.251 e. The van der Waals surface area contributed by atoms with E-state index in [0.717, 1.165) is 5.56 Å². The third kappa shape index (κ3) is 6.14. The molecular weight excluding hydrogens is 408 g/mol. The van der Waals surface area contributed by atoms with Crippen molar-refractivity contribution in [1.82, 2.24) is 9.88 Å². The molecule has 0 aliphatic carbocycles. The second-order valence-corrected chi connectivity index (χ2v) is 7.12. The number of nitrogens with zero attached hydrogens (tertiary/aromatic N) is 1. The molecule has 0 fully saturated rings. The van der Waals surface area contributed by atoms with Crippen molar-refractivity contribution in [2.75, 3.05) is 13.2 Å². The number of hydrogen-bond acceptors (Lipinski definition) is 5. The van der Waals surface area contributed by atoms with Crippen LogP contribution in [-0.2, 0) is 20.2 Å². The summed E-state index contributed by atoms with van der Waals surface area (Å²) >= 11 is 0. The van der Waals surface area contributed by atoms with Gasteiger partial charge in [0.15, 0.2) is 5.75 Å². The van der Waals surface area contributed by atoms with Gasteiger partial charge in [-0.1, -0.05) is 30.3 Å². The second-order valence-electron chi connectivity index (χ2n) is 7.12. The Labute approximate surface area is 187 Å². The van der Waals surface area contributed by atoms with E-state index in [9.17, 15) is 9.59 Å². The number of pyridine rings is 1. The van der Waals surface area contributed by atoms with Crippen molar-refractivity contribution in [3.05, 3.63) is 87.8 Å². The first-order valence-electron chi connectivity index (χ1n) is 10.5. The van der Waals surface area contributed by atoms with Gasteiger partial charge in [-0.2, -0.15) is 0 Å². The van der Waals surface area contributed by atoms with Crippen LogP contribution in [0, 0.1) is 0 Å². The van der Waals surface area contributed by atoms with E-state index in [1.807, 2.05) is 44.2 Å². The van der Waals surface area contributed by atoms with Crippen molar-refractivity contribution in [2.45, 2.75) is 27.0 Å². The van der Waals surface area contributed by atoms with Gasteiger partial charge in [0.05, 0.1) is 26.0 Å². The Kier molecular flexibility index (Phi) is 7.91. The van der Waals surface area contributed by atoms with Crippen LogP contribution in [-0.4, -0.2) is 23.7 Å². The van der Waals surface area contributed by atoms with E-state index >= 15 is 0 Å². The first-order chi connectivity index (χ1) is 15.5. The van der Waals surface area contributed by atoms with Crippen LogP contribution in [0.25, 0.3) is 0 Å². The quantitative estimate of drug-likeness (QED) is 0.524. The number of rotatable bonds is 10. The zero-order valence-electron chi connectivity index (χ0n) is 18.6. The molecule has 1 heterocycles. The summed E-state index contributed by atoms with van der Waals surface area (Å²) in [6, 6.07) is 16.2. The highest BCUT2D eigenvalue weighted by Gasteiger charge is 2.12. The summed E-state index contributed by atoms with van der Waals surface area (Å²) in [5.41, 5.74) is 1.82. The molecule has 1 amide bonds. The molecule has 0 spiro atoms. The summed E-state index contributed by atoms with van der Waals surface area (Å²) in [7, 11) is 1.80. The molecule has 0 unspecified atom stereocenters. The Bertz CT molecular complexity index is 1080. The van der Waals surface area contributed by atoms with Crippen molar-refractivity contribution in [2.24, 2.45) is 7.05 Å². The molecule has 0 atom stereocenters. The Balaban J connectivity index is 1.68. The summed E-state index contributed by atoms with van der Waals surface area (Å²) < 4.78 is 18.5. The van der Waals surface area contributed by atoms with E-state index < -0.39 is 0 Å². The van der Waals surface area contributed by atoms with Crippen LogP contribution < -0.4 is 25.0 Å². The number of aryl methyl sites for hydroxylation is 1. The minimum atomic E-state index is -0.288. The van der Waals surface area contributed by atoms with E-state index in [1.165, 1.54) is 6.07 Å². The lowest BCUT2D eigenvalue weighted by Gasteiger charge is -2.14. The molecule has 0 bridgehead atoms. The minimum absolute atomic E-state index is 0.187. The zero-order chi connectivity index (χ0) is 22.9. The van der Waals surface area contributed by atoms with Gasteiger partial charge in [0, 0.05) is 30.4 Å². The van der Waals surface area contributed by atoms with Gasteiger partial charge in [0.2, 0.25) is 5.43 Å². The molecule has 7 heteroatoms. The molecule has 0 saturated heterocycles. The van der Waals surface area contributed by atoms with Crippen LogP contribution in [0.2, 0.25) is 0 Å². The fraction of sp³-hybridized carbons (Fsp3) is 0.280. The number of aromatic nitrogens is 1. The minimum Gasteiger partial charge on any atom is -0.494 e. The molecule has 0 aliphatic heterocycles. The van der Waals surface area contributed by atoms with Crippen LogP contribution in [0.4, 0.5) is 0 Å². The van der Waals surface area contributed by atoms with Gasteiger partial charge in [0.25, 0.3) is 5.91 Å². The second kappa shape index (κ2) is 11.0. The summed E-state index contributed by atoms with van der Waals surface area (Å²) in [6.07, 6.45) is 1.63. The zero-order valence-corrected chi connectivity index (χ0v) is 18.6. The third-order valence-corrected chi connectivity index (χ3v) is 4.74. The summed E-state index contributed by atoms with van der Waals surface area (Å²) in [4.78, 5) is 25.2. The van der Waals surface area contributed by atoms with Gasteiger partial charge in [0.1, 0.15) is 18.1 Å². The van der Waals surface area contributed by atoms with Gasteiger partial charge < -0.3 is 24.1 Å². The molecular formula is C25H28N2O5. The smallest absolute Gasteiger partial charge is 0.251 e. The van der Waals surface area contributed by atoms with Crippen molar-refractivity contribution in [3.63, 3.8) is 0 Å². The lowest BCUT2D eigenvalue weighted by Crippen LogP contribution is -2.26. The van der Waals surface area contributed by atoms with E-state index in [4.69, 9.17) is 14.2 Å². The number of hydrogen-bond donors (Lipinski definition) is 1. The molecule has 7 nitrogen and oxygen atoms in total. The first kappa shape index (κ1) is 22.9. The van der Waals surface area contributed by atoms with E-state index in [1.54, 1.807) is 36.0 Å². The third-order valence-electron chi connectivity index (χ3n) is 4.74. The Morgan fingerprint density at radius 3 is 2.22 bits per heavy atom. The van der Waals surface area contributed by atoms with E-state index in [-0.39, 0.29) is 23.6 Å². The van der Waals surface area contributed by atoms with Crippen molar-refractivity contribution in [3.8, 4) is 17.2 Å². The highest BCUT2D eigenvalue weighted by atomic mass is 16.5. The Hall–Kier alpha value is -3.74. The van der Waals surface area contributed by atoms with Gasteiger partial charge in [-0.3, -0.25) is 9.59 Å². The SMILES string of the molecule is CCOc1cc(OCC)cc(C(=O)NCc2cc(=O)c(OCc3ccccc3)cn2C)c1. The van der Waals surface area contributed by atoms with Gasteiger partial charge in [-0.15, -0.1) is 0 Å². The largest absolute Gasteiger partial charge is 0.494 e. The molecule has 1 aromatic heterocycles. The number of carbonyl (C=O) groups is 1. The van der Waals surface area contributed by atoms with Crippen molar-refractivity contribution >= 4 is 5.91 Å². The standard InChI is InChI=1S/C25H28N2O5/c1-4-30-21-11-19(12-22(14-21)31-5-2)25(29)26-15-20-13-23(28)24(16-27(20)3)32-17-18-9-7-6-8-10-18/h6-14,16H,4-5,15,17H2,1-3H3,(H,26,29). The highest BCUT2D eigenvalue weighted by molar-refractivity contribution is 5.95. The fourth-order valence-corrected chi connectivity index (χ4v) is 3.14. The summed E-state index contributed by atoms with van der Waals surface area (Å²) in [5.74, 6) is 1.10. The Morgan fingerprint density at radius 1 is 0.938 bits per heavy atom. The van der Waals surface area contributed by atoms with Gasteiger partial charge >= 0.3 is 0 Å². The van der Waals surface area contributed by atoms with Crippen LogP contribution >= 0.6 is 0 Å². The molecule has 1 N–H and O–H groups in total. The van der Waals surface area contributed by atoms with Crippen molar-refractivity contribution < 1.29 is 19.0 Å². The average Bonchev–Trinajstić information content (AvgIpc) is 2.79. The van der Waals surface area contributed by atoms with Crippen LogP contribution in [0.5, 0.6) is 17.2 Å². The topological polar surface area (TPSA) is 78.8 Å². The predicted molar refractivity (Wildman–Crippen MR) is 122 cm³/mol. The molecule has 0 aliphatic rings. The normalized spacial score (nSPS) is 10.5. The number of benzene rings is 2. The van der Waals surface area contributed by atoms with Crippen LogP contribution in [0.3, 0.4) is 0 Å². The highest BCUT2D eigenvalue weighted by Crippen LogP contribution is 2.23. The summed E-state index contributed by atoms with van der Waals surface area (Å²) in [6.45, 7) is 5.22. The van der Waals surface area contributed by atoms with E-state index in [0.29, 0.717) is 42.6 Å². The summed E-state index contributed by atoms with van der Waals surface area (Å²) in [5, 5.41) is 2.85. The van der Waals surface area contributed by atoms with Gasteiger partial charge in [-0.25, -0.2) is 0 Å². The number of amides is 1. The van der Waals surface area contributed by atoms with E-state index in [2.05, 4.69) is 5.32 Å². The molecule has 3 aromatic rings.